The Morgan fingerprint density at radius 2 is 1.72 bits per heavy atom. The maximum atomic E-state index is 12.8. The van der Waals surface area contributed by atoms with Crippen LogP contribution in [0.4, 0.5) is 11.4 Å². The third kappa shape index (κ3) is 4.73. The topological polar surface area (TPSA) is 49.4 Å². The Morgan fingerprint density at radius 3 is 2.41 bits per heavy atom. The lowest BCUT2D eigenvalue weighted by Gasteiger charge is -2.26. The van der Waals surface area contributed by atoms with Gasteiger partial charge in [-0.15, -0.1) is 11.8 Å². The molecule has 0 radical (unpaired) electrons. The molecule has 0 bridgehead atoms. The molecule has 1 fully saturated rings. The summed E-state index contributed by atoms with van der Waals surface area (Å²) in [5.74, 6) is 0.481. The van der Waals surface area contributed by atoms with Crippen molar-refractivity contribution in [1.29, 1.82) is 0 Å². The number of aryl methyl sites for hydroxylation is 2. The largest absolute Gasteiger partial charge is 0.322 e. The van der Waals surface area contributed by atoms with Gasteiger partial charge in [-0.2, -0.15) is 0 Å². The minimum absolute atomic E-state index is 0.0631. The molecule has 1 saturated heterocycles. The fraction of sp³-hybridized carbons (Fsp3) is 0.259. The fourth-order valence-electron chi connectivity index (χ4n) is 3.98. The standard InChI is InChI=1S/C27H28N2O2S/c1-3-7-20-8-5-6-9-24(20)29-25(30)18-32-27(29)22-14-16-23(17-15-22)28-26(31)21-12-10-19(4-2)11-13-21/h5-6,8-17,27H,3-4,7,18H2,1-2H3,(H,28,31)/t27-/m1/s1. The first kappa shape index (κ1) is 22.2. The van der Waals surface area contributed by atoms with Gasteiger partial charge in [0.1, 0.15) is 5.37 Å². The normalized spacial score (nSPS) is 15.8. The number of nitrogens with one attached hydrogen (secondary N) is 1. The number of hydrogen-bond acceptors (Lipinski definition) is 3. The van der Waals surface area contributed by atoms with Crippen LogP contribution in [0.1, 0.15) is 52.7 Å². The number of carbonyl (C=O) groups is 2. The van der Waals surface area contributed by atoms with Gasteiger partial charge in [-0.05, 0) is 59.9 Å². The van der Waals surface area contributed by atoms with Gasteiger partial charge in [0.15, 0.2) is 0 Å². The average Bonchev–Trinajstić information content (AvgIpc) is 3.21. The highest BCUT2D eigenvalue weighted by atomic mass is 32.2. The summed E-state index contributed by atoms with van der Waals surface area (Å²) in [5.41, 5.74) is 5.85. The molecule has 3 aromatic carbocycles. The van der Waals surface area contributed by atoms with Crippen molar-refractivity contribution in [3.8, 4) is 0 Å². The van der Waals surface area contributed by atoms with E-state index in [-0.39, 0.29) is 17.2 Å². The fourth-order valence-corrected chi connectivity index (χ4v) is 5.15. The van der Waals surface area contributed by atoms with Gasteiger partial charge in [0, 0.05) is 16.9 Å². The molecule has 0 aromatic heterocycles. The van der Waals surface area contributed by atoms with Crippen LogP contribution in [-0.2, 0) is 17.6 Å². The first-order valence-electron chi connectivity index (χ1n) is 11.1. The van der Waals surface area contributed by atoms with Crippen molar-refractivity contribution in [2.24, 2.45) is 0 Å². The van der Waals surface area contributed by atoms with E-state index in [0.717, 1.165) is 36.2 Å². The number of hydrogen-bond donors (Lipinski definition) is 1. The molecule has 1 atom stereocenters. The van der Waals surface area contributed by atoms with Crippen LogP contribution in [0.2, 0.25) is 0 Å². The van der Waals surface area contributed by atoms with Crippen LogP contribution in [0.25, 0.3) is 0 Å². The number of anilines is 2. The Balaban J connectivity index is 1.51. The van der Waals surface area contributed by atoms with E-state index in [1.807, 2.05) is 71.6 Å². The van der Waals surface area contributed by atoms with E-state index in [0.29, 0.717) is 11.3 Å². The van der Waals surface area contributed by atoms with E-state index in [1.54, 1.807) is 11.8 Å². The number of amides is 2. The molecule has 0 spiro atoms. The Morgan fingerprint density at radius 1 is 1.00 bits per heavy atom. The minimum atomic E-state index is -0.124. The summed E-state index contributed by atoms with van der Waals surface area (Å²) in [6.45, 7) is 4.25. The summed E-state index contributed by atoms with van der Waals surface area (Å²) >= 11 is 1.64. The van der Waals surface area contributed by atoms with E-state index in [2.05, 4.69) is 25.2 Å². The SMILES string of the molecule is CCCc1ccccc1N1C(=O)CS[C@@H]1c1ccc(NC(=O)c2ccc(CC)cc2)cc1. The molecule has 1 N–H and O–H groups in total. The molecule has 1 heterocycles. The number of carbonyl (C=O) groups excluding carboxylic acids is 2. The first-order chi connectivity index (χ1) is 15.6. The second-order valence-electron chi connectivity index (χ2n) is 7.93. The van der Waals surface area contributed by atoms with Gasteiger partial charge >= 0.3 is 0 Å². The molecule has 4 nitrogen and oxygen atoms in total. The number of nitrogens with zero attached hydrogens (tertiary/aromatic N) is 1. The number of thioether (sulfide) groups is 1. The molecule has 0 aliphatic carbocycles. The smallest absolute Gasteiger partial charge is 0.255 e. The Bertz CT molecular complexity index is 1090. The van der Waals surface area contributed by atoms with Crippen molar-refractivity contribution in [3.05, 3.63) is 95.1 Å². The van der Waals surface area contributed by atoms with E-state index >= 15 is 0 Å². The minimum Gasteiger partial charge on any atom is -0.322 e. The summed E-state index contributed by atoms with van der Waals surface area (Å²) in [7, 11) is 0. The lowest BCUT2D eigenvalue weighted by Crippen LogP contribution is -2.28. The molecule has 0 saturated carbocycles. The zero-order valence-electron chi connectivity index (χ0n) is 18.5. The van der Waals surface area contributed by atoms with Crippen LogP contribution in [0.5, 0.6) is 0 Å². The predicted octanol–water partition coefficient (Wildman–Crippen LogP) is 6.23. The predicted molar refractivity (Wildman–Crippen MR) is 133 cm³/mol. The van der Waals surface area contributed by atoms with Crippen LogP contribution < -0.4 is 10.2 Å². The van der Waals surface area contributed by atoms with Crippen molar-refractivity contribution in [3.63, 3.8) is 0 Å². The van der Waals surface area contributed by atoms with Gasteiger partial charge in [-0.25, -0.2) is 0 Å². The summed E-state index contributed by atoms with van der Waals surface area (Å²) in [5, 5.41) is 2.90. The van der Waals surface area contributed by atoms with E-state index in [9.17, 15) is 9.59 Å². The van der Waals surface area contributed by atoms with Gasteiger partial charge in [0.25, 0.3) is 5.91 Å². The lowest BCUT2D eigenvalue weighted by atomic mass is 10.1. The molecule has 5 heteroatoms. The summed E-state index contributed by atoms with van der Waals surface area (Å²) in [6.07, 6.45) is 2.93. The van der Waals surface area contributed by atoms with Crippen LogP contribution in [0.15, 0.2) is 72.8 Å². The van der Waals surface area contributed by atoms with Crippen LogP contribution in [-0.4, -0.2) is 17.6 Å². The monoisotopic (exact) mass is 444 g/mol. The summed E-state index contributed by atoms with van der Waals surface area (Å²) < 4.78 is 0. The highest BCUT2D eigenvalue weighted by Gasteiger charge is 2.34. The maximum absolute atomic E-state index is 12.8. The summed E-state index contributed by atoms with van der Waals surface area (Å²) in [6, 6.07) is 23.7. The molecule has 32 heavy (non-hydrogen) atoms. The van der Waals surface area contributed by atoms with Gasteiger partial charge in [-0.1, -0.05) is 62.7 Å². The third-order valence-electron chi connectivity index (χ3n) is 5.72. The van der Waals surface area contributed by atoms with Crippen molar-refractivity contribution in [2.75, 3.05) is 16.0 Å². The zero-order chi connectivity index (χ0) is 22.5. The zero-order valence-corrected chi connectivity index (χ0v) is 19.3. The number of rotatable bonds is 7. The molecule has 164 valence electrons. The van der Waals surface area contributed by atoms with E-state index in [4.69, 9.17) is 0 Å². The highest BCUT2D eigenvalue weighted by Crippen LogP contribution is 2.43. The van der Waals surface area contributed by atoms with Gasteiger partial charge in [-0.3, -0.25) is 14.5 Å². The molecule has 4 rings (SSSR count). The molecule has 1 aliphatic heterocycles. The quantitative estimate of drug-likeness (QED) is 0.470. The molecular weight excluding hydrogens is 416 g/mol. The van der Waals surface area contributed by atoms with Crippen molar-refractivity contribution >= 4 is 35.0 Å². The van der Waals surface area contributed by atoms with Crippen molar-refractivity contribution < 1.29 is 9.59 Å². The Hall–Kier alpha value is -3.05. The van der Waals surface area contributed by atoms with Crippen molar-refractivity contribution in [2.45, 2.75) is 38.5 Å². The lowest BCUT2D eigenvalue weighted by molar-refractivity contribution is -0.115. The second kappa shape index (κ2) is 10.0. The second-order valence-corrected chi connectivity index (χ2v) is 9.00. The molecule has 2 amide bonds. The van der Waals surface area contributed by atoms with Gasteiger partial charge in [0.05, 0.1) is 5.75 Å². The number of para-hydroxylation sites is 1. The summed E-state index contributed by atoms with van der Waals surface area (Å²) in [4.78, 5) is 27.3. The van der Waals surface area contributed by atoms with Crippen molar-refractivity contribution in [1.82, 2.24) is 0 Å². The van der Waals surface area contributed by atoms with E-state index < -0.39 is 0 Å². The third-order valence-corrected chi connectivity index (χ3v) is 6.93. The highest BCUT2D eigenvalue weighted by molar-refractivity contribution is 8.00. The van der Waals surface area contributed by atoms with Gasteiger partial charge in [0.2, 0.25) is 5.91 Å². The Labute approximate surface area is 194 Å². The van der Waals surface area contributed by atoms with Crippen LogP contribution in [0, 0.1) is 0 Å². The Kier molecular flexibility index (Phi) is 6.96. The molecule has 1 aliphatic rings. The van der Waals surface area contributed by atoms with Gasteiger partial charge < -0.3 is 5.32 Å². The average molecular weight is 445 g/mol. The first-order valence-corrected chi connectivity index (χ1v) is 12.2. The maximum Gasteiger partial charge on any atom is 0.255 e. The molecule has 0 unspecified atom stereocenters. The van der Waals surface area contributed by atoms with Crippen LogP contribution in [0.3, 0.4) is 0 Å². The van der Waals surface area contributed by atoms with Crippen LogP contribution >= 0.6 is 11.8 Å². The van der Waals surface area contributed by atoms with E-state index in [1.165, 1.54) is 11.1 Å². The molecular formula is C27H28N2O2S. The number of benzene rings is 3. The molecule has 3 aromatic rings.